The summed E-state index contributed by atoms with van der Waals surface area (Å²) < 4.78 is 101. The fraction of sp³-hybridized carbons (Fsp3) is 0.355. The maximum absolute atomic E-state index is 14.7. The van der Waals surface area contributed by atoms with Gasteiger partial charge in [-0.15, -0.1) is 13.2 Å². The number of carbonyl (C=O) groups excluding carboxylic acids is 2. The van der Waals surface area contributed by atoms with Gasteiger partial charge >= 0.3 is 18.5 Å². The van der Waals surface area contributed by atoms with E-state index in [1.165, 1.54) is 12.1 Å². The minimum atomic E-state index is -4.93. The molecule has 43 heavy (non-hydrogen) atoms. The average molecular weight is 614 g/mol. The molecular formula is C31H30F7NO4. The van der Waals surface area contributed by atoms with Gasteiger partial charge in [0, 0.05) is 5.92 Å². The summed E-state index contributed by atoms with van der Waals surface area (Å²) in [5.74, 6) is -3.98. The molecule has 1 N–H and O–H groups in total. The number of ether oxygens (including phenoxy) is 2. The van der Waals surface area contributed by atoms with Crippen LogP contribution in [0.1, 0.15) is 88.9 Å². The fourth-order valence-electron chi connectivity index (χ4n) is 4.48. The van der Waals surface area contributed by atoms with Crippen LogP contribution in [0.25, 0.3) is 0 Å². The van der Waals surface area contributed by atoms with Gasteiger partial charge in [-0.25, -0.2) is 9.18 Å². The molecule has 0 saturated heterocycles. The lowest BCUT2D eigenvalue weighted by molar-refractivity contribution is -0.274. The highest BCUT2D eigenvalue weighted by atomic mass is 19.4. The Morgan fingerprint density at radius 1 is 0.837 bits per heavy atom. The number of hydrogen-bond acceptors (Lipinski definition) is 4. The maximum Gasteiger partial charge on any atom is 0.573 e. The van der Waals surface area contributed by atoms with Gasteiger partial charge < -0.3 is 14.8 Å². The largest absolute Gasteiger partial charge is 0.573 e. The lowest BCUT2D eigenvalue weighted by Gasteiger charge is -2.29. The highest BCUT2D eigenvalue weighted by molar-refractivity contribution is 5.95. The van der Waals surface area contributed by atoms with Crippen LogP contribution in [0.2, 0.25) is 0 Å². The zero-order valence-electron chi connectivity index (χ0n) is 23.3. The zero-order chi connectivity index (χ0) is 31.8. The third-order valence-electron chi connectivity index (χ3n) is 6.61. The SMILES string of the molecule is CCCCOC(=O)c1ccc(C(CCC)C(NC(=O)c2ccc(C(F)(F)F)cc2F)c2ccc(OC(F)(F)F)cc2)cc1. The first-order valence-electron chi connectivity index (χ1n) is 13.5. The van der Waals surface area contributed by atoms with E-state index in [0.29, 0.717) is 36.5 Å². The summed E-state index contributed by atoms with van der Waals surface area (Å²) in [5.41, 5.74) is -0.653. The van der Waals surface area contributed by atoms with Crippen LogP contribution in [-0.2, 0) is 10.9 Å². The van der Waals surface area contributed by atoms with Gasteiger partial charge in [0.15, 0.2) is 0 Å². The van der Waals surface area contributed by atoms with Crippen molar-refractivity contribution in [2.45, 2.75) is 64.0 Å². The molecule has 2 unspecified atom stereocenters. The number of hydrogen-bond donors (Lipinski definition) is 1. The number of carbonyl (C=O) groups is 2. The van der Waals surface area contributed by atoms with Crippen molar-refractivity contribution in [3.63, 3.8) is 0 Å². The Morgan fingerprint density at radius 3 is 2.00 bits per heavy atom. The Kier molecular flexibility index (Phi) is 11.2. The van der Waals surface area contributed by atoms with Gasteiger partial charge in [-0.3, -0.25) is 4.79 Å². The smallest absolute Gasteiger partial charge is 0.462 e. The van der Waals surface area contributed by atoms with Crippen LogP contribution in [-0.4, -0.2) is 24.8 Å². The first-order chi connectivity index (χ1) is 20.2. The molecule has 12 heteroatoms. The molecule has 2 atom stereocenters. The number of esters is 1. The van der Waals surface area contributed by atoms with Crippen molar-refractivity contribution < 1.29 is 49.8 Å². The summed E-state index contributed by atoms with van der Waals surface area (Å²) in [6, 6.07) is 11.7. The van der Waals surface area contributed by atoms with Gasteiger partial charge in [-0.05, 0) is 66.4 Å². The van der Waals surface area contributed by atoms with Crippen molar-refractivity contribution >= 4 is 11.9 Å². The molecule has 3 aromatic rings. The van der Waals surface area contributed by atoms with E-state index in [2.05, 4.69) is 10.1 Å². The minimum Gasteiger partial charge on any atom is -0.462 e. The van der Waals surface area contributed by atoms with Crippen LogP contribution in [0.5, 0.6) is 5.75 Å². The van der Waals surface area contributed by atoms with Gasteiger partial charge in [0.25, 0.3) is 5.91 Å². The first-order valence-corrected chi connectivity index (χ1v) is 13.5. The molecule has 0 heterocycles. The Labute approximate surface area is 244 Å². The van der Waals surface area contributed by atoms with Crippen LogP contribution in [0, 0.1) is 5.82 Å². The monoisotopic (exact) mass is 613 g/mol. The third-order valence-corrected chi connectivity index (χ3v) is 6.61. The summed E-state index contributed by atoms with van der Waals surface area (Å²) in [5, 5.41) is 2.66. The number of nitrogens with one attached hydrogen (secondary N) is 1. The molecule has 0 aliphatic heterocycles. The Hall–Kier alpha value is -4.09. The summed E-state index contributed by atoms with van der Waals surface area (Å²) in [4.78, 5) is 25.6. The van der Waals surface area contributed by atoms with E-state index in [9.17, 15) is 40.3 Å². The van der Waals surface area contributed by atoms with E-state index in [4.69, 9.17) is 4.74 Å². The van der Waals surface area contributed by atoms with Gasteiger partial charge in [0.05, 0.1) is 29.3 Å². The second-order valence-electron chi connectivity index (χ2n) is 9.77. The summed E-state index contributed by atoms with van der Waals surface area (Å²) in [7, 11) is 0. The molecule has 0 bridgehead atoms. The number of benzene rings is 3. The van der Waals surface area contributed by atoms with Gasteiger partial charge in [-0.2, -0.15) is 13.2 Å². The molecule has 0 aliphatic carbocycles. The molecule has 0 saturated carbocycles. The van der Waals surface area contributed by atoms with Crippen LogP contribution in [0.15, 0.2) is 66.7 Å². The van der Waals surface area contributed by atoms with E-state index in [0.717, 1.165) is 24.6 Å². The minimum absolute atomic E-state index is 0.217. The molecule has 1 amide bonds. The van der Waals surface area contributed by atoms with Gasteiger partial charge in [0.1, 0.15) is 11.6 Å². The van der Waals surface area contributed by atoms with Gasteiger partial charge in [-0.1, -0.05) is 51.0 Å². The predicted molar refractivity (Wildman–Crippen MR) is 144 cm³/mol. The lowest BCUT2D eigenvalue weighted by Crippen LogP contribution is -2.33. The van der Waals surface area contributed by atoms with E-state index in [1.54, 1.807) is 24.3 Å². The lowest BCUT2D eigenvalue weighted by atomic mass is 9.83. The number of unbranched alkanes of at least 4 members (excludes halogenated alkanes) is 1. The van der Waals surface area contributed by atoms with Crippen molar-refractivity contribution in [1.82, 2.24) is 5.32 Å². The maximum atomic E-state index is 14.7. The zero-order valence-corrected chi connectivity index (χ0v) is 23.3. The number of halogens is 7. The van der Waals surface area contributed by atoms with Crippen molar-refractivity contribution in [2.75, 3.05) is 6.61 Å². The summed E-state index contributed by atoms with van der Waals surface area (Å²) in [6.45, 7) is 4.08. The van der Waals surface area contributed by atoms with Crippen molar-refractivity contribution in [2.24, 2.45) is 0 Å². The highest BCUT2D eigenvalue weighted by Gasteiger charge is 2.34. The molecule has 5 nitrogen and oxygen atoms in total. The molecule has 232 valence electrons. The molecule has 0 spiro atoms. The predicted octanol–water partition coefficient (Wildman–Crippen LogP) is 8.76. The standard InChI is InChI=1S/C31H30F7NO4/c1-3-5-17-42-29(41)21-9-7-19(8-10-21)24(6-4-2)27(20-11-14-23(15-12-20)43-31(36,37)38)39-28(40)25-16-13-22(18-26(25)32)30(33,34)35/h7-16,18,24,27H,3-6,17H2,1-2H3,(H,39,40). The van der Waals surface area contributed by atoms with Gasteiger partial charge in [0.2, 0.25) is 0 Å². The highest BCUT2D eigenvalue weighted by Crippen LogP contribution is 2.37. The van der Waals surface area contributed by atoms with Crippen LogP contribution >= 0.6 is 0 Å². The topological polar surface area (TPSA) is 64.6 Å². The number of amides is 1. The Bertz CT molecular complexity index is 1370. The quantitative estimate of drug-likeness (QED) is 0.126. The van der Waals surface area contributed by atoms with E-state index in [-0.39, 0.29) is 18.2 Å². The fourth-order valence-corrected chi connectivity index (χ4v) is 4.48. The third kappa shape index (κ3) is 9.45. The first kappa shape index (κ1) is 33.4. The molecule has 0 radical (unpaired) electrons. The van der Waals surface area contributed by atoms with Crippen LogP contribution in [0.4, 0.5) is 30.7 Å². The molecule has 3 rings (SSSR count). The Morgan fingerprint density at radius 2 is 1.47 bits per heavy atom. The second-order valence-corrected chi connectivity index (χ2v) is 9.77. The molecule has 0 aliphatic rings. The molecule has 3 aromatic carbocycles. The molecule has 0 fully saturated rings. The van der Waals surface area contributed by atoms with E-state index in [1.807, 2.05) is 13.8 Å². The van der Waals surface area contributed by atoms with E-state index >= 15 is 0 Å². The van der Waals surface area contributed by atoms with E-state index < -0.39 is 59.1 Å². The summed E-state index contributed by atoms with van der Waals surface area (Å²) in [6.07, 6.45) is -7.18. The number of alkyl halides is 6. The second kappa shape index (κ2) is 14.4. The average Bonchev–Trinajstić information content (AvgIpc) is 2.94. The molecule has 0 aromatic heterocycles. The number of rotatable bonds is 12. The van der Waals surface area contributed by atoms with Crippen molar-refractivity contribution in [3.8, 4) is 5.75 Å². The van der Waals surface area contributed by atoms with Crippen molar-refractivity contribution in [3.05, 3.63) is 100 Å². The molecular weight excluding hydrogens is 583 g/mol. The van der Waals surface area contributed by atoms with Crippen LogP contribution < -0.4 is 10.1 Å². The van der Waals surface area contributed by atoms with Crippen LogP contribution in [0.3, 0.4) is 0 Å². The van der Waals surface area contributed by atoms with Crippen molar-refractivity contribution in [1.29, 1.82) is 0 Å². The summed E-state index contributed by atoms with van der Waals surface area (Å²) >= 11 is 0. The normalized spacial score (nSPS) is 13.2. The Balaban J connectivity index is 1.99.